The molecule has 0 amide bonds. The van der Waals surface area contributed by atoms with Gasteiger partial charge in [0.05, 0.1) is 11.9 Å². The fourth-order valence-electron chi connectivity index (χ4n) is 2.21. The summed E-state index contributed by atoms with van der Waals surface area (Å²) in [6.07, 6.45) is 1.70. The van der Waals surface area contributed by atoms with E-state index in [0.29, 0.717) is 5.82 Å². The van der Waals surface area contributed by atoms with Crippen LogP contribution in [0.3, 0.4) is 0 Å². The van der Waals surface area contributed by atoms with E-state index < -0.39 is 0 Å². The fourth-order valence-corrected chi connectivity index (χ4v) is 2.21. The van der Waals surface area contributed by atoms with Gasteiger partial charge in [-0.15, -0.1) is 0 Å². The Morgan fingerprint density at radius 2 is 1.78 bits per heavy atom. The molecule has 0 saturated heterocycles. The first-order valence-corrected chi connectivity index (χ1v) is 5.82. The molecule has 0 aliphatic heterocycles. The van der Waals surface area contributed by atoms with Crippen LogP contribution in [0.4, 0.5) is 5.82 Å². The highest BCUT2D eigenvalue weighted by molar-refractivity contribution is 5.66. The molecule has 18 heavy (non-hydrogen) atoms. The van der Waals surface area contributed by atoms with Crippen LogP contribution in [0.2, 0.25) is 0 Å². The van der Waals surface area contributed by atoms with E-state index in [9.17, 15) is 0 Å². The van der Waals surface area contributed by atoms with Crippen molar-refractivity contribution in [1.29, 1.82) is 0 Å². The molecule has 0 aliphatic carbocycles. The lowest BCUT2D eigenvalue weighted by molar-refractivity contribution is 0.953. The number of rotatable bonds is 1. The highest BCUT2D eigenvalue weighted by atomic mass is 15.3. The van der Waals surface area contributed by atoms with Gasteiger partial charge in [-0.2, -0.15) is 9.61 Å². The van der Waals surface area contributed by atoms with Gasteiger partial charge >= 0.3 is 0 Å². The predicted octanol–water partition coefficient (Wildman–Crippen LogP) is 2.60. The number of benzene rings is 1. The minimum Gasteiger partial charge on any atom is -0.384 e. The van der Waals surface area contributed by atoms with Crippen molar-refractivity contribution in [2.75, 3.05) is 5.73 Å². The van der Waals surface area contributed by atoms with E-state index in [1.54, 1.807) is 10.7 Å². The molecule has 90 valence electrons. The van der Waals surface area contributed by atoms with Crippen molar-refractivity contribution in [2.45, 2.75) is 13.8 Å². The maximum atomic E-state index is 5.98. The minimum absolute atomic E-state index is 0.596. The van der Waals surface area contributed by atoms with Gasteiger partial charge in [0, 0.05) is 17.7 Å². The number of aromatic nitrogens is 3. The topological polar surface area (TPSA) is 56.2 Å². The number of nitrogens with zero attached hydrogens (tertiary/aromatic N) is 3. The summed E-state index contributed by atoms with van der Waals surface area (Å²) < 4.78 is 1.63. The molecule has 2 heterocycles. The Morgan fingerprint density at radius 1 is 1.06 bits per heavy atom. The number of hydrogen-bond donors (Lipinski definition) is 1. The zero-order chi connectivity index (χ0) is 12.7. The van der Waals surface area contributed by atoms with Crippen LogP contribution in [-0.4, -0.2) is 14.6 Å². The Labute approximate surface area is 105 Å². The average Bonchev–Trinajstić information content (AvgIpc) is 2.76. The molecule has 4 nitrogen and oxygen atoms in total. The Hall–Kier alpha value is -2.36. The summed E-state index contributed by atoms with van der Waals surface area (Å²) in [5.41, 5.74) is 11.2. The monoisotopic (exact) mass is 238 g/mol. The van der Waals surface area contributed by atoms with Crippen molar-refractivity contribution in [3.8, 4) is 11.3 Å². The van der Waals surface area contributed by atoms with Gasteiger partial charge in [-0.1, -0.05) is 17.2 Å². The van der Waals surface area contributed by atoms with Crippen molar-refractivity contribution in [2.24, 2.45) is 0 Å². The molecule has 1 aromatic carbocycles. The molecule has 4 heteroatoms. The van der Waals surface area contributed by atoms with Gasteiger partial charge in [-0.25, -0.2) is 4.98 Å². The first kappa shape index (κ1) is 10.8. The van der Waals surface area contributed by atoms with Crippen molar-refractivity contribution < 1.29 is 0 Å². The Balaban J connectivity index is 2.24. The zero-order valence-electron chi connectivity index (χ0n) is 10.4. The van der Waals surface area contributed by atoms with Crippen LogP contribution in [0.1, 0.15) is 11.1 Å². The number of hydrogen-bond acceptors (Lipinski definition) is 3. The lowest BCUT2D eigenvalue weighted by Crippen LogP contribution is -2.01. The highest BCUT2D eigenvalue weighted by Crippen LogP contribution is 2.23. The Kier molecular flexibility index (Phi) is 2.30. The summed E-state index contributed by atoms with van der Waals surface area (Å²) in [5.74, 6) is 0.596. The summed E-state index contributed by atoms with van der Waals surface area (Å²) in [6, 6.07) is 10.1. The van der Waals surface area contributed by atoms with Gasteiger partial charge in [0.25, 0.3) is 0 Å². The van der Waals surface area contributed by atoms with Crippen LogP contribution >= 0.6 is 0 Å². The number of nitrogen functional groups attached to an aromatic ring is 1. The molecule has 0 aliphatic rings. The molecule has 2 aromatic heterocycles. The van der Waals surface area contributed by atoms with Crippen molar-refractivity contribution in [1.82, 2.24) is 14.6 Å². The van der Waals surface area contributed by atoms with E-state index in [1.807, 2.05) is 12.1 Å². The molecule has 0 bridgehead atoms. The number of anilines is 1. The second kappa shape index (κ2) is 3.84. The molecule has 0 fully saturated rings. The standard InChI is InChI=1S/C14H14N4/c1-9-5-10(2)7-11(6-9)12-8-13(15)18-14(17-12)3-4-16-18/h3-8H,15H2,1-2H3. The first-order valence-electron chi connectivity index (χ1n) is 5.82. The summed E-state index contributed by atoms with van der Waals surface area (Å²) >= 11 is 0. The van der Waals surface area contributed by atoms with E-state index in [-0.39, 0.29) is 0 Å². The molecule has 2 N–H and O–H groups in total. The van der Waals surface area contributed by atoms with Gasteiger partial charge in [-0.05, 0) is 26.0 Å². The maximum absolute atomic E-state index is 5.98. The molecule has 0 atom stereocenters. The third-order valence-corrected chi connectivity index (χ3v) is 2.90. The third-order valence-electron chi connectivity index (χ3n) is 2.90. The fraction of sp³-hybridized carbons (Fsp3) is 0.143. The molecule has 3 aromatic rings. The molecular formula is C14H14N4. The van der Waals surface area contributed by atoms with E-state index in [1.165, 1.54) is 11.1 Å². The van der Waals surface area contributed by atoms with Gasteiger partial charge in [0.2, 0.25) is 0 Å². The van der Waals surface area contributed by atoms with Crippen molar-refractivity contribution in [3.05, 3.63) is 47.7 Å². The van der Waals surface area contributed by atoms with Crippen LogP contribution in [0.5, 0.6) is 0 Å². The summed E-state index contributed by atoms with van der Waals surface area (Å²) in [5, 5.41) is 4.12. The van der Waals surface area contributed by atoms with E-state index >= 15 is 0 Å². The number of fused-ring (bicyclic) bond motifs is 1. The van der Waals surface area contributed by atoms with E-state index in [0.717, 1.165) is 16.9 Å². The Bertz CT molecular complexity index is 707. The van der Waals surface area contributed by atoms with Gasteiger partial charge < -0.3 is 5.73 Å². The first-order chi connectivity index (χ1) is 8.63. The molecule has 3 rings (SSSR count). The predicted molar refractivity (Wildman–Crippen MR) is 72.3 cm³/mol. The molecule has 0 saturated carbocycles. The van der Waals surface area contributed by atoms with E-state index in [2.05, 4.69) is 42.1 Å². The summed E-state index contributed by atoms with van der Waals surface area (Å²) in [4.78, 5) is 4.57. The van der Waals surface area contributed by atoms with Crippen LogP contribution in [-0.2, 0) is 0 Å². The normalized spacial score (nSPS) is 11.0. The lowest BCUT2D eigenvalue weighted by atomic mass is 10.0. The number of aryl methyl sites for hydroxylation is 2. The SMILES string of the molecule is Cc1cc(C)cc(-c2cc(N)n3nccc3n2)c1. The van der Waals surface area contributed by atoms with Crippen LogP contribution in [0.25, 0.3) is 16.9 Å². The van der Waals surface area contributed by atoms with E-state index in [4.69, 9.17) is 5.73 Å². The zero-order valence-corrected chi connectivity index (χ0v) is 10.4. The maximum Gasteiger partial charge on any atom is 0.157 e. The van der Waals surface area contributed by atoms with Gasteiger partial charge in [-0.3, -0.25) is 0 Å². The highest BCUT2D eigenvalue weighted by Gasteiger charge is 2.06. The quantitative estimate of drug-likeness (QED) is 0.709. The second-order valence-electron chi connectivity index (χ2n) is 4.54. The lowest BCUT2D eigenvalue weighted by Gasteiger charge is -2.06. The minimum atomic E-state index is 0.596. The second-order valence-corrected chi connectivity index (χ2v) is 4.54. The average molecular weight is 238 g/mol. The molecule has 0 radical (unpaired) electrons. The molecular weight excluding hydrogens is 224 g/mol. The molecule has 0 spiro atoms. The largest absolute Gasteiger partial charge is 0.384 e. The van der Waals surface area contributed by atoms with Crippen LogP contribution in [0.15, 0.2) is 36.5 Å². The van der Waals surface area contributed by atoms with Crippen molar-refractivity contribution >= 4 is 11.5 Å². The van der Waals surface area contributed by atoms with Crippen LogP contribution < -0.4 is 5.73 Å². The third kappa shape index (κ3) is 1.72. The smallest absolute Gasteiger partial charge is 0.157 e. The summed E-state index contributed by atoms with van der Waals surface area (Å²) in [7, 11) is 0. The number of nitrogens with two attached hydrogens (primary N) is 1. The van der Waals surface area contributed by atoms with Crippen molar-refractivity contribution in [3.63, 3.8) is 0 Å². The molecule has 0 unspecified atom stereocenters. The summed E-state index contributed by atoms with van der Waals surface area (Å²) in [6.45, 7) is 4.16. The van der Waals surface area contributed by atoms with Gasteiger partial charge in [0.15, 0.2) is 5.65 Å². The van der Waals surface area contributed by atoms with Gasteiger partial charge in [0.1, 0.15) is 5.82 Å². The van der Waals surface area contributed by atoms with Crippen LogP contribution in [0, 0.1) is 13.8 Å². The Morgan fingerprint density at radius 3 is 2.50 bits per heavy atom.